The molecule has 0 aliphatic rings. The van der Waals surface area contributed by atoms with Crippen molar-refractivity contribution in [1.29, 1.82) is 0 Å². The van der Waals surface area contributed by atoms with Crippen molar-refractivity contribution in [2.45, 2.75) is 0 Å². The minimum Gasteiger partial charge on any atom is -0.507 e. The van der Waals surface area contributed by atoms with Gasteiger partial charge in [-0.2, -0.15) is 15.3 Å². The summed E-state index contributed by atoms with van der Waals surface area (Å²) < 4.78 is 1.29. The number of benzene rings is 4. The molecule has 11 nitrogen and oxygen atoms in total. The molecule has 0 radical (unpaired) electrons. The highest BCUT2D eigenvalue weighted by Crippen LogP contribution is 2.37. The number of rotatable bonds is 7. The highest BCUT2D eigenvalue weighted by molar-refractivity contribution is 5.78. The van der Waals surface area contributed by atoms with Gasteiger partial charge in [0.2, 0.25) is 0 Å². The summed E-state index contributed by atoms with van der Waals surface area (Å²) in [4.78, 5) is 23.8. The molecule has 0 bridgehead atoms. The zero-order valence-corrected chi connectivity index (χ0v) is 19.7. The fourth-order valence-corrected chi connectivity index (χ4v) is 3.61. The summed E-state index contributed by atoms with van der Waals surface area (Å²) in [6.45, 7) is 0. The van der Waals surface area contributed by atoms with Crippen LogP contribution in [0.5, 0.6) is 5.75 Å². The Morgan fingerprint density at radius 3 is 2.00 bits per heavy atom. The standard InChI is InChI=1S/C27H19N7O4/c35-24-16-13-20(30-28-18-7-3-1-4-8-18)17-23(24)25-26(27(36)33(32-25)21-9-5-2-6-10-21)31-29-19-11-14-22(15-12-19)34(37)38/h1-17,32,35H. The average molecular weight is 505 g/mol. The van der Waals surface area contributed by atoms with Gasteiger partial charge >= 0.3 is 0 Å². The van der Waals surface area contributed by atoms with Crippen molar-refractivity contribution in [2.24, 2.45) is 20.5 Å². The molecule has 5 rings (SSSR count). The van der Waals surface area contributed by atoms with Crippen LogP contribution in [0.4, 0.5) is 28.4 Å². The first kappa shape index (κ1) is 24.0. The Bertz CT molecular complexity index is 1710. The number of phenolic OH excluding ortho intramolecular Hbond substituents is 1. The second kappa shape index (κ2) is 10.5. The Balaban J connectivity index is 1.60. The lowest BCUT2D eigenvalue weighted by atomic mass is 10.1. The van der Waals surface area contributed by atoms with Gasteiger partial charge in [-0.05, 0) is 54.6 Å². The van der Waals surface area contributed by atoms with E-state index in [-0.39, 0.29) is 28.4 Å². The van der Waals surface area contributed by atoms with Gasteiger partial charge in [0.15, 0.2) is 5.69 Å². The van der Waals surface area contributed by atoms with Gasteiger partial charge in [-0.15, -0.1) is 5.11 Å². The van der Waals surface area contributed by atoms with E-state index in [9.17, 15) is 20.0 Å². The molecular weight excluding hydrogens is 486 g/mol. The number of azo groups is 2. The van der Waals surface area contributed by atoms with E-state index in [4.69, 9.17) is 0 Å². The highest BCUT2D eigenvalue weighted by atomic mass is 16.6. The molecule has 11 heteroatoms. The SMILES string of the molecule is O=c1c(N=Nc2ccc([N+](=O)[O-])cc2)c(-c2cc(N=Nc3ccccc3)ccc2O)[nH]n1-c1ccccc1. The molecule has 186 valence electrons. The fourth-order valence-electron chi connectivity index (χ4n) is 3.61. The van der Waals surface area contributed by atoms with Crippen molar-refractivity contribution in [3.63, 3.8) is 0 Å². The minimum atomic E-state index is -0.519. The van der Waals surface area contributed by atoms with Crippen LogP contribution in [0.2, 0.25) is 0 Å². The number of aromatic amines is 1. The van der Waals surface area contributed by atoms with E-state index in [1.54, 1.807) is 48.5 Å². The number of hydrogen-bond donors (Lipinski definition) is 2. The first-order chi connectivity index (χ1) is 18.5. The van der Waals surface area contributed by atoms with Crippen molar-refractivity contribution in [2.75, 3.05) is 0 Å². The topological polar surface area (TPSA) is 151 Å². The zero-order chi connectivity index (χ0) is 26.5. The van der Waals surface area contributed by atoms with Crippen molar-refractivity contribution in [3.8, 4) is 22.7 Å². The third-order valence-electron chi connectivity index (χ3n) is 5.49. The Labute approximate surface area is 215 Å². The summed E-state index contributed by atoms with van der Waals surface area (Å²) in [7, 11) is 0. The van der Waals surface area contributed by atoms with Gasteiger partial charge in [0, 0.05) is 17.7 Å². The molecule has 1 heterocycles. The smallest absolute Gasteiger partial charge is 0.299 e. The molecule has 0 saturated carbocycles. The molecule has 0 amide bonds. The number of para-hydroxylation sites is 1. The zero-order valence-electron chi connectivity index (χ0n) is 19.7. The van der Waals surface area contributed by atoms with Crippen molar-refractivity contribution in [3.05, 3.63) is 124 Å². The van der Waals surface area contributed by atoms with Gasteiger partial charge < -0.3 is 5.11 Å². The maximum Gasteiger partial charge on any atom is 0.299 e. The molecule has 1 aromatic heterocycles. The van der Waals surface area contributed by atoms with Crippen LogP contribution in [-0.4, -0.2) is 19.8 Å². The lowest BCUT2D eigenvalue weighted by Crippen LogP contribution is -2.13. The minimum absolute atomic E-state index is 0.0698. The molecule has 0 fully saturated rings. The van der Waals surface area contributed by atoms with Crippen LogP contribution in [0.1, 0.15) is 0 Å². The summed E-state index contributed by atoms with van der Waals surface area (Å²) in [5.41, 5.74) is 1.75. The van der Waals surface area contributed by atoms with E-state index in [0.29, 0.717) is 22.7 Å². The normalized spacial score (nSPS) is 11.4. The number of aromatic hydroxyl groups is 1. The fraction of sp³-hybridized carbons (Fsp3) is 0. The Morgan fingerprint density at radius 2 is 1.32 bits per heavy atom. The van der Waals surface area contributed by atoms with Crippen molar-refractivity contribution in [1.82, 2.24) is 9.78 Å². The molecule has 38 heavy (non-hydrogen) atoms. The third-order valence-corrected chi connectivity index (χ3v) is 5.49. The summed E-state index contributed by atoms with van der Waals surface area (Å²) in [6, 6.07) is 28.1. The van der Waals surface area contributed by atoms with E-state index in [1.165, 1.54) is 35.0 Å². The summed E-state index contributed by atoms with van der Waals surface area (Å²) in [5.74, 6) is -0.114. The monoisotopic (exact) mass is 505 g/mol. The number of non-ortho nitro benzene ring substituents is 1. The Hall–Kier alpha value is -5.71. The number of hydrogen-bond acceptors (Lipinski definition) is 8. The van der Waals surface area contributed by atoms with Crippen molar-refractivity contribution < 1.29 is 10.0 Å². The van der Waals surface area contributed by atoms with Crippen LogP contribution >= 0.6 is 0 Å². The second-order valence-electron chi connectivity index (χ2n) is 8.02. The highest BCUT2D eigenvalue weighted by Gasteiger charge is 2.20. The van der Waals surface area contributed by atoms with Crippen LogP contribution in [0, 0.1) is 10.1 Å². The van der Waals surface area contributed by atoms with Crippen LogP contribution in [0.3, 0.4) is 0 Å². The van der Waals surface area contributed by atoms with Gasteiger partial charge in [-0.3, -0.25) is 20.0 Å². The third kappa shape index (κ3) is 5.11. The first-order valence-electron chi connectivity index (χ1n) is 11.4. The molecule has 4 aromatic carbocycles. The number of phenols is 1. The number of nitrogens with one attached hydrogen (secondary N) is 1. The van der Waals surface area contributed by atoms with Gasteiger partial charge in [-0.1, -0.05) is 36.4 Å². The molecular formula is C27H19N7O4. The van der Waals surface area contributed by atoms with Gasteiger partial charge in [-0.25, -0.2) is 4.68 Å². The van der Waals surface area contributed by atoms with Gasteiger partial charge in [0.05, 0.1) is 33.4 Å². The van der Waals surface area contributed by atoms with E-state index in [0.717, 1.165) is 0 Å². The molecule has 2 N–H and O–H groups in total. The first-order valence-corrected chi connectivity index (χ1v) is 11.4. The van der Waals surface area contributed by atoms with E-state index >= 15 is 0 Å². The number of H-pyrrole nitrogens is 1. The number of nitrogens with zero attached hydrogens (tertiary/aromatic N) is 6. The lowest BCUT2D eigenvalue weighted by Gasteiger charge is -2.05. The molecule has 5 aromatic rings. The molecule has 0 aliphatic heterocycles. The second-order valence-corrected chi connectivity index (χ2v) is 8.02. The van der Waals surface area contributed by atoms with E-state index < -0.39 is 10.5 Å². The Morgan fingerprint density at radius 1 is 0.737 bits per heavy atom. The molecule has 0 saturated heterocycles. The number of nitro groups is 1. The number of aromatic nitrogens is 2. The Kier molecular flexibility index (Phi) is 6.63. The summed E-state index contributed by atoms with van der Waals surface area (Å²) in [6.07, 6.45) is 0. The van der Waals surface area contributed by atoms with Crippen LogP contribution < -0.4 is 5.56 Å². The maximum atomic E-state index is 13.4. The van der Waals surface area contributed by atoms with E-state index in [1.807, 2.05) is 24.3 Å². The maximum absolute atomic E-state index is 13.4. The summed E-state index contributed by atoms with van der Waals surface area (Å²) in [5, 5.41) is 41.4. The molecule has 0 atom stereocenters. The predicted octanol–water partition coefficient (Wildman–Crippen LogP) is 7.28. The average Bonchev–Trinajstić information content (AvgIpc) is 3.28. The molecule has 0 unspecified atom stereocenters. The van der Waals surface area contributed by atoms with E-state index in [2.05, 4.69) is 25.6 Å². The van der Waals surface area contributed by atoms with Crippen LogP contribution in [-0.2, 0) is 0 Å². The lowest BCUT2D eigenvalue weighted by molar-refractivity contribution is -0.384. The van der Waals surface area contributed by atoms with Gasteiger partial charge in [0.1, 0.15) is 5.75 Å². The molecule has 0 spiro atoms. The quantitative estimate of drug-likeness (QED) is 0.136. The van der Waals surface area contributed by atoms with Gasteiger partial charge in [0.25, 0.3) is 11.2 Å². The predicted molar refractivity (Wildman–Crippen MR) is 141 cm³/mol. The molecule has 0 aliphatic carbocycles. The summed E-state index contributed by atoms with van der Waals surface area (Å²) >= 11 is 0. The largest absolute Gasteiger partial charge is 0.507 e. The van der Waals surface area contributed by atoms with Crippen molar-refractivity contribution >= 4 is 28.4 Å². The van der Waals surface area contributed by atoms with Crippen LogP contribution in [0.25, 0.3) is 16.9 Å². The number of nitro benzene ring substituents is 1. The van der Waals surface area contributed by atoms with Crippen LogP contribution in [0.15, 0.2) is 128 Å².